The molecular weight excluding hydrogens is 707 g/mol. The first-order valence-corrected chi connectivity index (χ1v) is 19.1. The number of nitrogens with two attached hydrogens (primary N) is 1. The van der Waals surface area contributed by atoms with Crippen molar-refractivity contribution >= 4 is 58.3 Å². The molecule has 1 atom stereocenters. The van der Waals surface area contributed by atoms with Gasteiger partial charge in [0.05, 0.1) is 5.69 Å². The number of nitrogens with zero attached hydrogens (tertiary/aromatic N) is 8. The molecule has 4 fully saturated rings. The molecule has 2 aromatic carbocycles. The van der Waals surface area contributed by atoms with Gasteiger partial charge in [-0.25, -0.2) is 9.18 Å². The van der Waals surface area contributed by atoms with Gasteiger partial charge in [0.1, 0.15) is 5.82 Å². The molecule has 0 unspecified atom stereocenters. The van der Waals surface area contributed by atoms with Crippen LogP contribution in [-0.2, 0) is 9.59 Å². The number of halogens is 1. The van der Waals surface area contributed by atoms with Gasteiger partial charge in [-0.05, 0) is 80.5 Å². The summed E-state index contributed by atoms with van der Waals surface area (Å²) in [7, 11) is 0. The lowest BCUT2D eigenvalue weighted by Crippen LogP contribution is -2.49. The largest absolute Gasteiger partial charge is 0.372 e. The van der Waals surface area contributed by atoms with Crippen LogP contribution in [0.3, 0.4) is 0 Å². The van der Waals surface area contributed by atoms with Crippen LogP contribution in [0.15, 0.2) is 36.4 Å². The smallest absolute Gasteiger partial charge is 0.328 e. The standard InChI is InChI=1S/C38H49FN12O4/c1-24-20-29(6-8-31(24)51-15-11-33(53)43-38(51)55)48-13-9-26(10-14-48)22-47-16-18-49(19-17-47)32-7-5-27(21-30(32)39)42-36-34(35(40)54)45-46-37(44-36)50-12-3-4-28(23-50)41-25(2)52/h5-8,20-21,26,28H,3-4,9-19,22-23H2,1-2H3,(H2,40,54)(H,41,52)(H,42,44,46)(H,43,53,55)/t28-/m1/s1. The Kier molecular flexibility index (Phi) is 11.3. The summed E-state index contributed by atoms with van der Waals surface area (Å²) in [6.07, 6.45) is 4.12. The fourth-order valence-corrected chi connectivity index (χ4v) is 8.09. The highest BCUT2D eigenvalue weighted by atomic mass is 19.1. The first kappa shape index (κ1) is 37.7. The molecule has 0 spiro atoms. The number of aromatic nitrogens is 3. The summed E-state index contributed by atoms with van der Waals surface area (Å²) in [6.45, 7) is 11.0. The summed E-state index contributed by atoms with van der Waals surface area (Å²) in [5.74, 6) is -0.593. The third-order valence-corrected chi connectivity index (χ3v) is 11.0. The number of anilines is 6. The van der Waals surface area contributed by atoms with Gasteiger partial charge in [0.15, 0.2) is 11.5 Å². The second kappa shape index (κ2) is 16.4. The van der Waals surface area contributed by atoms with Crippen LogP contribution in [0.1, 0.15) is 55.1 Å². The number of hydrogen-bond donors (Lipinski definition) is 4. The van der Waals surface area contributed by atoms with Crippen molar-refractivity contribution in [3.05, 3.63) is 53.5 Å². The second-order valence-corrected chi connectivity index (χ2v) is 14.9. The van der Waals surface area contributed by atoms with Crippen molar-refractivity contribution in [2.24, 2.45) is 11.7 Å². The highest BCUT2D eigenvalue weighted by Gasteiger charge is 2.29. The fraction of sp³-hybridized carbons (Fsp3) is 0.500. The molecule has 16 nitrogen and oxygen atoms in total. The molecule has 7 rings (SSSR count). The minimum Gasteiger partial charge on any atom is -0.372 e. The molecule has 4 saturated heterocycles. The summed E-state index contributed by atoms with van der Waals surface area (Å²) in [5.41, 5.74) is 9.32. The number of benzene rings is 2. The minimum atomic E-state index is -0.809. The van der Waals surface area contributed by atoms with Crippen LogP contribution in [0.4, 0.5) is 43.7 Å². The molecule has 1 aromatic heterocycles. The Morgan fingerprint density at radius 3 is 2.36 bits per heavy atom. The van der Waals surface area contributed by atoms with Gasteiger partial charge in [-0.15, -0.1) is 10.2 Å². The van der Waals surface area contributed by atoms with E-state index < -0.39 is 5.91 Å². The Hall–Kier alpha value is -5.58. The highest BCUT2D eigenvalue weighted by molar-refractivity contribution is 6.06. The molecule has 292 valence electrons. The van der Waals surface area contributed by atoms with Gasteiger partial charge in [-0.2, -0.15) is 4.98 Å². The monoisotopic (exact) mass is 756 g/mol. The lowest BCUT2D eigenvalue weighted by molar-refractivity contribution is -0.120. The molecule has 5 amide bonds. The van der Waals surface area contributed by atoms with E-state index in [0.717, 1.165) is 75.3 Å². The van der Waals surface area contributed by atoms with Gasteiger partial charge in [0.2, 0.25) is 17.8 Å². The number of nitrogens with one attached hydrogen (secondary N) is 3. The zero-order valence-corrected chi connectivity index (χ0v) is 31.4. The van der Waals surface area contributed by atoms with E-state index in [9.17, 15) is 19.2 Å². The third-order valence-electron chi connectivity index (χ3n) is 11.0. The Labute approximate surface area is 319 Å². The lowest BCUT2D eigenvalue weighted by Gasteiger charge is -2.40. The number of primary amides is 1. The molecule has 0 saturated carbocycles. The minimum absolute atomic E-state index is 0.0567. The van der Waals surface area contributed by atoms with E-state index >= 15 is 4.39 Å². The first-order chi connectivity index (χ1) is 26.5. The second-order valence-electron chi connectivity index (χ2n) is 14.9. The lowest BCUT2D eigenvalue weighted by atomic mass is 9.95. The number of carbonyl (C=O) groups excluding carboxylic acids is 4. The van der Waals surface area contributed by atoms with E-state index in [4.69, 9.17) is 5.73 Å². The predicted molar refractivity (Wildman–Crippen MR) is 207 cm³/mol. The van der Waals surface area contributed by atoms with Crippen LogP contribution in [0.2, 0.25) is 0 Å². The maximum Gasteiger partial charge on any atom is 0.328 e. The average molecular weight is 757 g/mol. The van der Waals surface area contributed by atoms with Crippen LogP contribution in [-0.4, -0.2) is 115 Å². The van der Waals surface area contributed by atoms with Gasteiger partial charge in [-0.1, -0.05) is 0 Å². The van der Waals surface area contributed by atoms with Crippen LogP contribution < -0.4 is 41.3 Å². The van der Waals surface area contributed by atoms with E-state index in [0.29, 0.717) is 56.4 Å². The van der Waals surface area contributed by atoms with Gasteiger partial charge in [-0.3, -0.25) is 29.5 Å². The zero-order valence-electron chi connectivity index (χ0n) is 31.4. The Morgan fingerprint density at radius 2 is 1.67 bits per heavy atom. The van der Waals surface area contributed by atoms with Crippen LogP contribution in [0, 0.1) is 18.7 Å². The van der Waals surface area contributed by atoms with Gasteiger partial charge in [0, 0.05) is 102 Å². The number of piperazine rings is 1. The molecule has 4 aliphatic rings. The molecule has 0 radical (unpaired) electrons. The molecule has 17 heteroatoms. The number of imide groups is 1. The maximum atomic E-state index is 15.6. The fourth-order valence-electron chi connectivity index (χ4n) is 8.09. The molecule has 0 bridgehead atoms. The van der Waals surface area contributed by atoms with Crippen molar-refractivity contribution in [3.63, 3.8) is 0 Å². The van der Waals surface area contributed by atoms with E-state index in [-0.39, 0.29) is 47.2 Å². The van der Waals surface area contributed by atoms with E-state index in [1.165, 1.54) is 13.0 Å². The molecule has 5 heterocycles. The van der Waals surface area contributed by atoms with Gasteiger partial charge < -0.3 is 31.1 Å². The number of amides is 5. The van der Waals surface area contributed by atoms with Crippen LogP contribution in [0.25, 0.3) is 0 Å². The van der Waals surface area contributed by atoms with Crippen LogP contribution >= 0.6 is 0 Å². The quantitative estimate of drug-likeness (QED) is 0.238. The molecule has 4 aliphatic heterocycles. The number of aryl methyl sites for hydroxylation is 1. The summed E-state index contributed by atoms with van der Waals surface area (Å²) in [4.78, 5) is 62.7. The molecule has 5 N–H and O–H groups in total. The Balaban J connectivity index is 0.901. The molecule has 55 heavy (non-hydrogen) atoms. The predicted octanol–water partition coefficient (Wildman–Crippen LogP) is 2.75. The Morgan fingerprint density at radius 1 is 0.909 bits per heavy atom. The number of piperidine rings is 2. The molecule has 3 aromatic rings. The summed E-state index contributed by atoms with van der Waals surface area (Å²) in [6, 6.07) is 10.6. The zero-order chi connectivity index (χ0) is 38.6. The number of rotatable bonds is 10. The molecular formula is C38H49FN12O4. The first-order valence-electron chi connectivity index (χ1n) is 19.1. The van der Waals surface area contributed by atoms with Crippen molar-refractivity contribution in [1.82, 2.24) is 30.7 Å². The van der Waals surface area contributed by atoms with Gasteiger partial charge in [0.25, 0.3) is 5.91 Å². The topological polar surface area (TPSA) is 185 Å². The highest BCUT2D eigenvalue weighted by Crippen LogP contribution is 2.31. The van der Waals surface area contributed by atoms with Crippen molar-refractivity contribution in [2.45, 2.75) is 52.0 Å². The SMILES string of the molecule is CC(=O)N[C@@H]1CCCN(c2nnc(C(N)=O)c(Nc3ccc(N4CCN(CC5CCN(c6ccc(N7CCC(=O)NC7=O)c(C)c6)CC5)CC4)c(F)c3)n2)C1. The number of urea groups is 1. The maximum absolute atomic E-state index is 15.6. The third kappa shape index (κ3) is 8.88. The van der Waals surface area contributed by atoms with Crippen molar-refractivity contribution in [3.8, 4) is 0 Å². The van der Waals surface area contributed by atoms with E-state index in [1.54, 1.807) is 17.0 Å². The summed E-state index contributed by atoms with van der Waals surface area (Å²) >= 11 is 0. The van der Waals surface area contributed by atoms with Gasteiger partial charge >= 0.3 is 6.03 Å². The van der Waals surface area contributed by atoms with Crippen molar-refractivity contribution < 1.29 is 23.6 Å². The normalized spacial score (nSPS) is 20.0. The number of hydrogen-bond acceptors (Lipinski definition) is 12. The number of carbonyl (C=O) groups is 4. The van der Waals surface area contributed by atoms with Crippen molar-refractivity contribution in [2.75, 3.05) is 90.4 Å². The van der Waals surface area contributed by atoms with Crippen LogP contribution in [0.5, 0.6) is 0 Å². The summed E-state index contributed by atoms with van der Waals surface area (Å²) in [5, 5.41) is 16.5. The summed E-state index contributed by atoms with van der Waals surface area (Å²) < 4.78 is 15.6. The van der Waals surface area contributed by atoms with E-state index in [1.807, 2.05) is 17.9 Å². The molecule has 0 aliphatic carbocycles. The average Bonchev–Trinajstić information content (AvgIpc) is 3.16. The van der Waals surface area contributed by atoms with Crippen molar-refractivity contribution in [1.29, 1.82) is 0 Å². The Bertz CT molecular complexity index is 1930. The van der Waals surface area contributed by atoms with E-state index in [2.05, 4.69) is 58.0 Å².